The number of nitrogens with zero attached hydrogens (tertiary/aromatic N) is 3. The van der Waals surface area contributed by atoms with E-state index in [0.29, 0.717) is 5.69 Å². The summed E-state index contributed by atoms with van der Waals surface area (Å²) >= 11 is 0. The lowest BCUT2D eigenvalue weighted by Gasteiger charge is -2.18. The number of rotatable bonds is 3. The topological polar surface area (TPSA) is 31.4 Å². The second-order valence-corrected chi connectivity index (χ2v) is 2.76. The number of anilines is 1. The SMILES string of the molecule is CCN(CC)c1ccccc1[N+]#N.[Cl-]. The van der Waals surface area contributed by atoms with Crippen LogP contribution >= 0.6 is 0 Å². The third kappa shape index (κ3) is 2.61. The monoisotopic (exact) mass is 211 g/mol. The predicted octanol–water partition coefficient (Wildman–Crippen LogP) is 0.0214. The number of halogens is 1. The molecule has 0 fully saturated rings. The Morgan fingerprint density at radius 2 is 1.79 bits per heavy atom. The lowest BCUT2D eigenvalue weighted by Crippen LogP contribution is -3.00. The quantitative estimate of drug-likeness (QED) is 0.661. The zero-order valence-corrected chi connectivity index (χ0v) is 9.20. The Kier molecular flexibility index (Phi) is 5.66. The maximum Gasteiger partial charge on any atom is 0.408 e. The highest BCUT2D eigenvalue weighted by atomic mass is 35.5. The molecule has 0 radical (unpaired) electrons. The van der Waals surface area contributed by atoms with Gasteiger partial charge in [0.05, 0.1) is 0 Å². The minimum absolute atomic E-state index is 0. The molecule has 0 N–H and O–H groups in total. The van der Waals surface area contributed by atoms with Gasteiger partial charge in [-0.15, -0.1) is 0 Å². The zero-order chi connectivity index (χ0) is 9.68. The van der Waals surface area contributed by atoms with Crippen LogP contribution in [0.2, 0.25) is 0 Å². The molecule has 0 saturated carbocycles. The zero-order valence-electron chi connectivity index (χ0n) is 8.44. The fourth-order valence-electron chi connectivity index (χ4n) is 1.38. The van der Waals surface area contributed by atoms with Gasteiger partial charge in [0.25, 0.3) is 0 Å². The van der Waals surface area contributed by atoms with Gasteiger partial charge in [-0.2, -0.15) is 0 Å². The molecule has 1 aromatic carbocycles. The standard InChI is InChI=1S/C10H14N3.ClH/c1-3-13(4-2)10-8-6-5-7-9(10)12-11;/h5-8H,3-4H2,1-2H3;1H/q+1;/p-1. The molecule has 0 spiro atoms. The molecule has 3 nitrogen and oxygen atoms in total. The first kappa shape index (κ1) is 12.7. The number of para-hydroxylation sites is 1. The van der Waals surface area contributed by atoms with Crippen molar-refractivity contribution in [1.82, 2.24) is 0 Å². The van der Waals surface area contributed by atoms with E-state index in [1.54, 1.807) is 6.07 Å². The van der Waals surface area contributed by atoms with Gasteiger partial charge in [-0.05, 0) is 19.9 Å². The molecule has 0 amide bonds. The van der Waals surface area contributed by atoms with Crippen molar-refractivity contribution in [3.63, 3.8) is 0 Å². The first-order valence-corrected chi connectivity index (χ1v) is 4.52. The van der Waals surface area contributed by atoms with Crippen LogP contribution in [-0.2, 0) is 0 Å². The summed E-state index contributed by atoms with van der Waals surface area (Å²) in [6, 6.07) is 7.57. The van der Waals surface area contributed by atoms with Crippen LogP contribution in [0.5, 0.6) is 0 Å². The highest BCUT2D eigenvalue weighted by Gasteiger charge is 2.15. The van der Waals surface area contributed by atoms with E-state index >= 15 is 0 Å². The number of hydrogen-bond donors (Lipinski definition) is 0. The lowest BCUT2D eigenvalue weighted by molar-refractivity contribution is -0.00000297. The minimum Gasteiger partial charge on any atom is -1.00 e. The molecule has 0 heterocycles. The molecule has 0 aliphatic heterocycles. The molecule has 0 unspecified atom stereocenters. The normalized spacial score (nSPS) is 8.64. The lowest BCUT2D eigenvalue weighted by atomic mass is 10.2. The van der Waals surface area contributed by atoms with Crippen LogP contribution in [0.4, 0.5) is 11.4 Å². The molecule has 0 aliphatic rings. The Morgan fingerprint density at radius 3 is 2.29 bits per heavy atom. The molecule has 14 heavy (non-hydrogen) atoms. The molecule has 0 aliphatic carbocycles. The van der Waals surface area contributed by atoms with E-state index in [-0.39, 0.29) is 12.4 Å². The van der Waals surface area contributed by atoms with Crippen LogP contribution in [0.3, 0.4) is 0 Å². The second-order valence-electron chi connectivity index (χ2n) is 2.76. The maximum atomic E-state index is 8.76. The van der Waals surface area contributed by atoms with E-state index in [1.807, 2.05) is 18.2 Å². The van der Waals surface area contributed by atoms with Crippen LogP contribution < -0.4 is 17.3 Å². The number of diazo groups is 1. The Balaban J connectivity index is 0.00000169. The number of hydrogen-bond acceptors (Lipinski definition) is 2. The molecule has 0 saturated heterocycles. The summed E-state index contributed by atoms with van der Waals surface area (Å²) in [5.74, 6) is 0. The van der Waals surface area contributed by atoms with Crippen molar-refractivity contribution in [2.45, 2.75) is 13.8 Å². The van der Waals surface area contributed by atoms with Crippen LogP contribution in [0.1, 0.15) is 13.8 Å². The molecule has 0 atom stereocenters. The van der Waals surface area contributed by atoms with Crippen molar-refractivity contribution in [2.24, 2.45) is 0 Å². The fourth-order valence-corrected chi connectivity index (χ4v) is 1.38. The van der Waals surface area contributed by atoms with Gasteiger partial charge in [0.15, 0.2) is 4.98 Å². The Labute approximate surface area is 90.8 Å². The van der Waals surface area contributed by atoms with Crippen molar-refractivity contribution in [3.05, 3.63) is 29.2 Å². The molecule has 0 bridgehead atoms. The largest absolute Gasteiger partial charge is 1.00 e. The van der Waals surface area contributed by atoms with Gasteiger partial charge in [-0.25, -0.2) is 0 Å². The summed E-state index contributed by atoms with van der Waals surface area (Å²) in [5, 5.41) is 8.76. The third-order valence-corrected chi connectivity index (χ3v) is 2.09. The van der Waals surface area contributed by atoms with E-state index in [1.165, 1.54) is 0 Å². The molecule has 4 heteroatoms. The van der Waals surface area contributed by atoms with Gasteiger partial charge < -0.3 is 17.3 Å². The smallest absolute Gasteiger partial charge is 0.408 e. The van der Waals surface area contributed by atoms with Gasteiger partial charge in [-0.3, -0.25) is 0 Å². The summed E-state index contributed by atoms with van der Waals surface area (Å²) < 4.78 is 0. The summed E-state index contributed by atoms with van der Waals surface area (Å²) in [5.41, 5.74) is 1.61. The van der Waals surface area contributed by atoms with Gasteiger partial charge in [-0.1, -0.05) is 12.1 Å². The van der Waals surface area contributed by atoms with E-state index < -0.39 is 0 Å². The van der Waals surface area contributed by atoms with Crippen molar-refractivity contribution in [1.29, 1.82) is 5.39 Å². The number of benzene rings is 1. The summed E-state index contributed by atoms with van der Waals surface area (Å²) in [4.78, 5) is 5.39. The van der Waals surface area contributed by atoms with Crippen LogP contribution in [0, 0.1) is 5.39 Å². The Morgan fingerprint density at radius 1 is 1.21 bits per heavy atom. The average molecular weight is 212 g/mol. The summed E-state index contributed by atoms with van der Waals surface area (Å²) in [6.07, 6.45) is 0. The van der Waals surface area contributed by atoms with Gasteiger partial charge in [0.2, 0.25) is 5.39 Å². The first-order chi connectivity index (χ1) is 6.33. The van der Waals surface area contributed by atoms with Crippen molar-refractivity contribution in [3.8, 4) is 0 Å². The van der Waals surface area contributed by atoms with E-state index in [4.69, 9.17) is 5.39 Å². The Bertz CT molecular complexity index is 315. The maximum absolute atomic E-state index is 8.76. The summed E-state index contributed by atoms with van der Waals surface area (Å²) in [6.45, 7) is 6.00. The predicted molar refractivity (Wildman–Crippen MR) is 54.7 cm³/mol. The van der Waals surface area contributed by atoms with E-state index in [0.717, 1.165) is 18.8 Å². The highest BCUT2D eigenvalue weighted by Crippen LogP contribution is 2.27. The van der Waals surface area contributed by atoms with Crippen LogP contribution in [0.15, 0.2) is 24.3 Å². The fraction of sp³-hybridized carbons (Fsp3) is 0.400. The van der Waals surface area contributed by atoms with Gasteiger partial charge in [0.1, 0.15) is 5.69 Å². The van der Waals surface area contributed by atoms with Crippen LogP contribution in [0.25, 0.3) is 4.98 Å². The molecular formula is C10H14ClN3. The van der Waals surface area contributed by atoms with Crippen LogP contribution in [-0.4, -0.2) is 13.1 Å². The van der Waals surface area contributed by atoms with E-state index in [9.17, 15) is 0 Å². The Hall–Kier alpha value is -1.27. The van der Waals surface area contributed by atoms with Gasteiger partial charge in [0, 0.05) is 19.2 Å². The molecule has 1 aromatic rings. The molecular weight excluding hydrogens is 198 g/mol. The van der Waals surface area contributed by atoms with Gasteiger partial charge >= 0.3 is 5.69 Å². The molecule has 0 aromatic heterocycles. The highest BCUT2D eigenvalue weighted by molar-refractivity contribution is 5.70. The second kappa shape index (κ2) is 6.22. The van der Waals surface area contributed by atoms with Crippen molar-refractivity contribution >= 4 is 11.4 Å². The molecule has 1 rings (SSSR count). The minimum atomic E-state index is 0. The average Bonchev–Trinajstić information content (AvgIpc) is 2.20. The van der Waals surface area contributed by atoms with Crippen molar-refractivity contribution < 1.29 is 12.4 Å². The molecule has 76 valence electrons. The van der Waals surface area contributed by atoms with Crippen molar-refractivity contribution in [2.75, 3.05) is 18.0 Å². The van der Waals surface area contributed by atoms with E-state index in [2.05, 4.69) is 23.7 Å². The summed E-state index contributed by atoms with van der Waals surface area (Å²) in [7, 11) is 0. The third-order valence-electron chi connectivity index (χ3n) is 2.09. The first-order valence-electron chi connectivity index (χ1n) is 4.52.